The highest BCUT2D eigenvalue weighted by molar-refractivity contribution is 4.95. The van der Waals surface area contributed by atoms with Crippen molar-refractivity contribution in [2.24, 2.45) is 17.3 Å². The molecule has 134 valence electrons. The summed E-state index contributed by atoms with van der Waals surface area (Å²) in [6.07, 6.45) is 4.43. The Morgan fingerprint density at radius 3 is 2.22 bits per heavy atom. The standard InChI is InChI=1S/C19H37N3O/c1-14(2)10-16(5)23-12-17-11-22(21-20-17)19(8,9)13-18(6,7)15(3)4/h11,14-16H,10,12-13H2,1-9H3. The largest absolute Gasteiger partial charge is 0.372 e. The van der Waals surface area contributed by atoms with Crippen molar-refractivity contribution in [1.29, 1.82) is 0 Å². The van der Waals surface area contributed by atoms with Crippen molar-refractivity contribution in [3.8, 4) is 0 Å². The Kier molecular flexibility index (Phi) is 6.81. The summed E-state index contributed by atoms with van der Waals surface area (Å²) in [5, 5.41) is 8.65. The van der Waals surface area contributed by atoms with Crippen molar-refractivity contribution in [3.63, 3.8) is 0 Å². The molecule has 1 unspecified atom stereocenters. The Balaban J connectivity index is 2.67. The van der Waals surface area contributed by atoms with E-state index in [1.54, 1.807) is 0 Å². The summed E-state index contributed by atoms with van der Waals surface area (Å²) in [6, 6.07) is 0. The summed E-state index contributed by atoms with van der Waals surface area (Å²) < 4.78 is 7.89. The van der Waals surface area contributed by atoms with E-state index in [9.17, 15) is 0 Å². The molecule has 0 spiro atoms. The first-order chi connectivity index (χ1) is 10.4. The second-order valence-electron chi connectivity index (χ2n) is 9.04. The smallest absolute Gasteiger partial charge is 0.108 e. The van der Waals surface area contributed by atoms with Gasteiger partial charge < -0.3 is 4.74 Å². The van der Waals surface area contributed by atoms with Gasteiger partial charge in [-0.25, -0.2) is 4.68 Å². The molecule has 0 aliphatic carbocycles. The van der Waals surface area contributed by atoms with Crippen LogP contribution in [0.25, 0.3) is 0 Å². The van der Waals surface area contributed by atoms with Crippen molar-refractivity contribution in [3.05, 3.63) is 11.9 Å². The van der Waals surface area contributed by atoms with Crippen molar-refractivity contribution in [2.75, 3.05) is 0 Å². The van der Waals surface area contributed by atoms with Crippen LogP contribution in [-0.2, 0) is 16.9 Å². The predicted octanol–water partition coefficient (Wildman–Crippen LogP) is 5.04. The maximum atomic E-state index is 5.89. The Bertz CT molecular complexity index is 475. The lowest BCUT2D eigenvalue weighted by atomic mass is 9.72. The number of hydrogen-bond acceptors (Lipinski definition) is 3. The van der Waals surface area contributed by atoms with E-state index in [0.717, 1.165) is 18.5 Å². The molecule has 0 aromatic carbocycles. The van der Waals surface area contributed by atoms with Crippen LogP contribution >= 0.6 is 0 Å². The molecule has 1 atom stereocenters. The molecule has 23 heavy (non-hydrogen) atoms. The third kappa shape index (κ3) is 6.25. The molecular formula is C19H37N3O. The molecule has 0 aliphatic heterocycles. The number of rotatable bonds is 9. The van der Waals surface area contributed by atoms with Gasteiger partial charge in [-0.1, -0.05) is 46.8 Å². The predicted molar refractivity (Wildman–Crippen MR) is 96.3 cm³/mol. The maximum absolute atomic E-state index is 5.89. The molecule has 0 N–H and O–H groups in total. The van der Waals surface area contributed by atoms with Gasteiger partial charge in [0.2, 0.25) is 0 Å². The van der Waals surface area contributed by atoms with Crippen LogP contribution in [0, 0.1) is 17.3 Å². The summed E-state index contributed by atoms with van der Waals surface area (Å²) in [5.41, 5.74) is 1.12. The first-order valence-electron chi connectivity index (χ1n) is 8.97. The minimum absolute atomic E-state index is 0.0530. The Morgan fingerprint density at radius 2 is 1.70 bits per heavy atom. The molecule has 1 aromatic heterocycles. The normalized spacial score (nSPS) is 14.7. The number of ether oxygens (including phenoxy) is 1. The van der Waals surface area contributed by atoms with Gasteiger partial charge in [0.25, 0.3) is 0 Å². The first kappa shape index (κ1) is 20.1. The monoisotopic (exact) mass is 323 g/mol. The lowest BCUT2D eigenvalue weighted by Crippen LogP contribution is -2.35. The first-order valence-corrected chi connectivity index (χ1v) is 8.97. The fourth-order valence-electron chi connectivity index (χ4n) is 3.02. The summed E-state index contributed by atoms with van der Waals surface area (Å²) >= 11 is 0. The third-order valence-corrected chi connectivity index (χ3v) is 4.93. The topological polar surface area (TPSA) is 39.9 Å². The summed E-state index contributed by atoms with van der Waals surface area (Å²) in [7, 11) is 0. The molecule has 4 heteroatoms. The third-order valence-electron chi connectivity index (χ3n) is 4.93. The molecule has 0 fully saturated rings. The fourth-order valence-corrected chi connectivity index (χ4v) is 3.02. The van der Waals surface area contributed by atoms with Gasteiger partial charge in [-0.3, -0.25) is 0 Å². The lowest BCUT2D eigenvalue weighted by molar-refractivity contribution is 0.0378. The van der Waals surface area contributed by atoms with E-state index in [1.165, 1.54) is 0 Å². The van der Waals surface area contributed by atoms with Gasteiger partial charge in [-0.2, -0.15) is 0 Å². The van der Waals surface area contributed by atoms with E-state index in [-0.39, 0.29) is 17.1 Å². The average molecular weight is 324 g/mol. The molecule has 1 rings (SSSR count). The van der Waals surface area contributed by atoms with Crippen molar-refractivity contribution in [2.45, 2.75) is 93.4 Å². The highest BCUT2D eigenvalue weighted by atomic mass is 16.5. The van der Waals surface area contributed by atoms with Crippen LogP contribution in [0.2, 0.25) is 0 Å². The number of hydrogen-bond donors (Lipinski definition) is 0. The van der Waals surface area contributed by atoms with Gasteiger partial charge in [0.1, 0.15) is 5.69 Å². The average Bonchev–Trinajstić information content (AvgIpc) is 2.83. The Hall–Kier alpha value is -0.900. The SMILES string of the molecule is CC(C)CC(C)OCc1cn(C(C)(C)CC(C)(C)C(C)C)nn1. The minimum atomic E-state index is -0.0530. The van der Waals surface area contributed by atoms with Crippen LogP contribution < -0.4 is 0 Å². The Morgan fingerprint density at radius 1 is 1.09 bits per heavy atom. The van der Waals surface area contributed by atoms with Crippen LogP contribution in [0.5, 0.6) is 0 Å². The van der Waals surface area contributed by atoms with Crippen molar-refractivity contribution in [1.82, 2.24) is 15.0 Å². The van der Waals surface area contributed by atoms with E-state index >= 15 is 0 Å². The fraction of sp³-hybridized carbons (Fsp3) is 0.895. The number of nitrogens with zero attached hydrogens (tertiary/aromatic N) is 3. The molecule has 1 heterocycles. The zero-order valence-electron chi connectivity index (χ0n) is 16.7. The van der Waals surface area contributed by atoms with Crippen LogP contribution in [0.15, 0.2) is 6.20 Å². The summed E-state index contributed by atoms with van der Waals surface area (Å²) in [4.78, 5) is 0. The van der Waals surface area contributed by atoms with Crippen LogP contribution in [0.3, 0.4) is 0 Å². The molecule has 0 saturated heterocycles. The lowest BCUT2D eigenvalue weighted by Gasteiger charge is -2.37. The van der Waals surface area contributed by atoms with Crippen molar-refractivity contribution >= 4 is 0 Å². The van der Waals surface area contributed by atoms with E-state index in [1.807, 2.05) is 10.9 Å². The van der Waals surface area contributed by atoms with Crippen LogP contribution in [0.1, 0.15) is 80.8 Å². The van der Waals surface area contributed by atoms with Gasteiger partial charge in [-0.15, -0.1) is 5.10 Å². The zero-order chi connectivity index (χ0) is 17.8. The van der Waals surface area contributed by atoms with Gasteiger partial charge in [0.05, 0.1) is 24.4 Å². The van der Waals surface area contributed by atoms with Gasteiger partial charge >= 0.3 is 0 Å². The molecule has 0 bridgehead atoms. The Labute approximate surface area is 143 Å². The molecule has 0 radical (unpaired) electrons. The molecule has 1 aromatic rings. The van der Waals surface area contributed by atoms with Gasteiger partial charge in [0, 0.05) is 0 Å². The van der Waals surface area contributed by atoms with E-state index < -0.39 is 0 Å². The highest BCUT2D eigenvalue weighted by Gasteiger charge is 2.33. The van der Waals surface area contributed by atoms with Crippen LogP contribution in [-0.4, -0.2) is 21.1 Å². The molecule has 4 nitrogen and oxygen atoms in total. The maximum Gasteiger partial charge on any atom is 0.108 e. The molecule has 0 aliphatic rings. The second kappa shape index (κ2) is 7.78. The number of aromatic nitrogens is 3. The minimum Gasteiger partial charge on any atom is -0.372 e. The van der Waals surface area contributed by atoms with Crippen molar-refractivity contribution < 1.29 is 4.74 Å². The highest BCUT2D eigenvalue weighted by Crippen LogP contribution is 2.37. The molecule has 0 amide bonds. The molecule has 0 saturated carbocycles. The van der Waals surface area contributed by atoms with Gasteiger partial charge in [-0.05, 0) is 50.9 Å². The van der Waals surface area contributed by atoms with Crippen LogP contribution in [0.4, 0.5) is 0 Å². The zero-order valence-corrected chi connectivity index (χ0v) is 16.7. The summed E-state index contributed by atoms with van der Waals surface area (Å²) in [6.45, 7) is 20.8. The second-order valence-corrected chi connectivity index (χ2v) is 9.04. The molecular weight excluding hydrogens is 286 g/mol. The quantitative estimate of drug-likeness (QED) is 0.639. The van der Waals surface area contributed by atoms with E-state index in [2.05, 4.69) is 72.6 Å². The van der Waals surface area contributed by atoms with E-state index in [0.29, 0.717) is 18.4 Å². The van der Waals surface area contributed by atoms with Gasteiger partial charge in [0.15, 0.2) is 0 Å². The van der Waals surface area contributed by atoms with E-state index in [4.69, 9.17) is 4.74 Å². The summed E-state index contributed by atoms with van der Waals surface area (Å²) in [5.74, 6) is 1.28.